The number of hydrogen-bond donors (Lipinski definition) is 0. The number of rotatable bonds is 0. The summed E-state index contributed by atoms with van der Waals surface area (Å²) in [6.45, 7) is 4.54. The Morgan fingerprint density at radius 3 is 3.10 bits per heavy atom. The van der Waals surface area contributed by atoms with Crippen molar-refractivity contribution in [2.75, 3.05) is 0 Å². The zero-order valence-electron chi connectivity index (χ0n) is 6.93. The molecule has 0 aromatic heterocycles. The second-order valence-electron chi connectivity index (χ2n) is 3.33. The smallest absolute Gasteiger partial charge is 0.0294 e. The van der Waals surface area contributed by atoms with Crippen molar-refractivity contribution >= 4 is 0 Å². The Kier molecular flexibility index (Phi) is 2.73. The first-order valence-corrected chi connectivity index (χ1v) is 4.11. The van der Waals surface area contributed by atoms with Crippen LogP contribution in [0.3, 0.4) is 0 Å². The summed E-state index contributed by atoms with van der Waals surface area (Å²) in [4.78, 5) is 0. The van der Waals surface area contributed by atoms with Crippen LogP contribution in [0, 0.1) is 5.92 Å². The Balaban J connectivity index is 2.55. The minimum atomic E-state index is 0.876. The van der Waals surface area contributed by atoms with Crippen LogP contribution in [0.1, 0.15) is 33.1 Å². The summed E-state index contributed by atoms with van der Waals surface area (Å²) in [5.74, 6) is 0.876. The molecule has 0 fully saturated rings. The van der Waals surface area contributed by atoms with Gasteiger partial charge in [0, 0.05) is 0 Å². The third-order valence-corrected chi connectivity index (χ3v) is 2.01. The molecule has 0 saturated carbocycles. The molecule has 1 aliphatic rings. The Morgan fingerprint density at radius 2 is 2.30 bits per heavy atom. The lowest BCUT2D eigenvalue weighted by atomic mass is 9.95. The van der Waals surface area contributed by atoms with Crippen molar-refractivity contribution in [2.45, 2.75) is 33.1 Å². The first-order valence-electron chi connectivity index (χ1n) is 4.11. The van der Waals surface area contributed by atoms with Gasteiger partial charge in [-0.2, -0.15) is 0 Å². The molecular weight excluding hydrogens is 120 g/mol. The van der Waals surface area contributed by atoms with Crippen molar-refractivity contribution < 1.29 is 0 Å². The van der Waals surface area contributed by atoms with Crippen LogP contribution in [0.4, 0.5) is 0 Å². The lowest BCUT2D eigenvalue weighted by Gasteiger charge is -2.11. The van der Waals surface area contributed by atoms with Crippen LogP contribution in [0.25, 0.3) is 0 Å². The molecule has 10 heavy (non-hydrogen) atoms. The molecule has 0 aromatic rings. The highest BCUT2D eigenvalue weighted by atomic mass is 14.1. The number of hydrogen-bond acceptors (Lipinski definition) is 0. The SMILES string of the molecule is CC1=CC=CCCC(C)C1. The highest BCUT2D eigenvalue weighted by molar-refractivity contribution is 5.12. The Morgan fingerprint density at radius 1 is 1.50 bits per heavy atom. The highest BCUT2D eigenvalue weighted by Gasteiger charge is 2.02. The molecule has 0 bridgehead atoms. The minimum Gasteiger partial charge on any atom is -0.0845 e. The molecule has 0 amide bonds. The molecule has 1 aliphatic carbocycles. The fraction of sp³-hybridized carbons (Fsp3) is 0.600. The maximum absolute atomic E-state index is 2.33. The maximum Gasteiger partial charge on any atom is -0.0294 e. The zero-order valence-corrected chi connectivity index (χ0v) is 6.93. The van der Waals surface area contributed by atoms with Gasteiger partial charge in [-0.1, -0.05) is 30.7 Å². The van der Waals surface area contributed by atoms with Gasteiger partial charge in [-0.25, -0.2) is 0 Å². The van der Waals surface area contributed by atoms with Gasteiger partial charge in [-0.15, -0.1) is 0 Å². The summed E-state index contributed by atoms with van der Waals surface area (Å²) in [5.41, 5.74) is 1.52. The van der Waals surface area contributed by atoms with E-state index in [0.717, 1.165) is 5.92 Å². The fourth-order valence-electron chi connectivity index (χ4n) is 1.43. The first-order chi connectivity index (χ1) is 4.79. The lowest BCUT2D eigenvalue weighted by Crippen LogP contribution is -1.95. The first kappa shape index (κ1) is 7.59. The van der Waals surface area contributed by atoms with Crippen molar-refractivity contribution in [2.24, 2.45) is 5.92 Å². The minimum absolute atomic E-state index is 0.876. The monoisotopic (exact) mass is 136 g/mol. The average Bonchev–Trinajstić information content (AvgIpc) is 1.83. The molecule has 0 N–H and O–H groups in total. The molecule has 1 unspecified atom stereocenters. The largest absolute Gasteiger partial charge is 0.0845 e. The molecule has 0 aliphatic heterocycles. The van der Waals surface area contributed by atoms with Crippen molar-refractivity contribution in [3.63, 3.8) is 0 Å². The summed E-state index contributed by atoms with van der Waals surface area (Å²) in [5, 5.41) is 0. The van der Waals surface area contributed by atoms with Gasteiger partial charge in [0.05, 0.1) is 0 Å². The van der Waals surface area contributed by atoms with E-state index in [1.54, 1.807) is 0 Å². The van der Waals surface area contributed by atoms with Crippen LogP contribution in [0.15, 0.2) is 23.8 Å². The van der Waals surface area contributed by atoms with Gasteiger partial charge in [-0.05, 0) is 32.1 Å². The molecule has 1 rings (SSSR count). The second-order valence-corrected chi connectivity index (χ2v) is 3.33. The molecule has 1 atom stereocenters. The third kappa shape index (κ3) is 2.38. The Bertz CT molecular complexity index is 151. The molecule has 0 heteroatoms. The second kappa shape index (κ2) is 3.60. The molecular formula is C10H16. The van der Waals surface area contributed by atoms with Crippen LogP contribution in [-0.4, -0.2) is 0 Å². The Hall–Kier alpha value is -0.520. The molecule has 0 radical (unpaired) electrons. The van der Waals surface area contributed by atoms with Gasteiger partial charge in [-0.3, -0.25) is 0 Å². The predicted molar refractivity (Wildman–Crippen MR) is 45.9 cm³/mol. The van der Waals surface area contributed by atoms with E-state index in [9.17, 15) is 0 Å². The summed E-state index contributed by atoms with van der Waals surface area (Å²) in [6, 6.07) is 0. The van der Waals surface area contributed by atoms with Crippen LogP contribution in [-0.2, 0) is 0 Å². The average molecular weight is 136 g/mol. The van der Waals surface area contributed by atoms with Gasteiger partial charge >= 0.3 is 0 Å². The van der Waals surface area contributed by atoms with Crippen molar-refractivity contribution in [3.05, 3.63) is 23.8 Å². The standard InChI is InChI=1S/C10H16/c1-9-6-4-3-5-7-10(2)8-9/h3-4,6,10H,5,7-8H2,1-2H3. The maximum atomic E-state index is 2.33. The van der Waals surface area contributed by atoms with E-state index in [0.29, 0.717) is 0 Å². The van der Waals surface area contributed by atoms with E-state index in [1.807, 2.05) is 0 Å². The molecule has 0 spiro atoms. The van der Waals surface area contributed by atoms with E-state index in [4.69, 9.17) is 0 Å². The normalized spacial score (nSPS) is 27.0. The van der Waals surface area contributed by atoms with Crippen molar-refractivity contribution in [1.29, 1.82) is 0 Å². The van der Waals surface area contributed by atoms with Gasteiger partial charge in [0.1, 0.15) is 0 Å². The quantitative estimate of drug-likeness (QED) is 0.479. The molecule has 0 nitrogen and oxygen atoms in total. The highest BCUT2D eigenvalue weighted by Crippen LogP contribution is 2.18. The summed E-state index contributed by atoms with van der Waals surface area (Å²) in [7, 11) is 0. The van der Waals surface area contributed by atoms with Crippen molar-refractivity contribution in [1.82, 2.24) is 0 Å². The van der Waals surface area contributed by atoms with E-state index in [2.05, 4.69) is 32.1 Å². The number of allylic oxidation sites excluding steroid dienone is 4. The van der Waals surface area contributed by atoms with Crippen LogP contribution < -0.4 is 0 Å². The van der Waals surface area contributed by atoms with Crippen LogP contribution in [0.5, 0.6) is 0 Å². The van der Waals surface area contributed by atoms with Gasteiger partial charge in [0.15, 0.2) is 0 Å². The van der Waals surface area contributed by atoms with Crippen molar-refractivity contribution in [3.8, 4) is 0 Å². The van der Waals surface area contributed by atoms with E-state index in [-0.39, 0.29) is 0 Å². The van der Waals surface area contributed by atoms with Gasteiger partial charge in [0.25, 0.3) is 0 Å². The van der Waals surface area contributed by atoms with Crippen LogP contribution in [0.2, 0.25) is 0 Å². The zero-order chi connectivity index (χ0) is 7.40. The Labute approximate surface area is 63.6 Å². The summed E-state index contributed by atoms with van der Waals surface area (Å²) < 4.78 is 0. The molecule has 56 valence electrons. The van der Waals surface area contributed by atoms with Gasteiger partial charge < -0.3 is 0 Å². The van der Waals surface area contributed by atoms with Gasteiger partial charge in [0.2, 0.25) is 0 Å². The molecule has 0 saturated heterocycles. The fourth-order valence-corrected chi connectivity index (χ4v) is 1.43. The topological polar surface area (TPSA) is 0 Å². The molecule has 0 aromatic carbocycles. The van der Waals surface area contributed by atoms with E-state index < -0.39 is 0 Å². The summed E-state index contributed by atoms with van der Waals surface area (Å²) in [6.07, 6.45) is 10.6. The predicted octanol–water partition coefficient (Wildman–Crippen LogP) is 3.31. The van der Waals surface area contributed by atoms with Crippen LogP contribution >= 0.6 is 0 Å². The summed E-state index contributed by atoms with van der Waals surface area (Å²) >= 11 is 0. The van der Waals surface area contributed by atoms with E-state index >= 15 is 0 Å². The lowest BCUT2D eigenvalue weighted by molar-refractivity contribution is 0.531. The third-order valence-electron chi connectivity index (χ3n) is 2.01. The van der Waals surface area contributed by atoms with E-state index in [1.165, 1.54) is 24.8 Å². The molecule has 0 heterocycles.